The number of rotatable bonds is 6. The second-order valence-electron chi connectivity index (χ2n) is 7.65. The van der Waals surface area contributed by atoms with E-state index in [1.807, 2.05) is 0 Å². The van der Waals surface area contributed by atoms with Crippen molar-refractivity contribution >= 4 is 58.4 Å². The van der Waals surface area contributed by atoms with Gasteiger partial charge in [-0.15, -0.1) is 0 Å². The molecule has 0 spiro atoms. The average molecular weight is 602 g/mol. The Hall–Kier alpha value is -2.46. The van der Waals surface area contributed by atoms with Crippen molar-refractivity contribution in [2.75, 3.05) is 0 Å². The van der Waals surface area contributed by atoms with Crippen LogP contribution in [0, 0.1) is 0 Å². The fourth-order valence-corrected chi connectivity index (χ4v) is 3.98. The lowest BCUT2D eigenvalue weighted by atomic mass is 9.96. The maximum atomic E-state index is 13.7. The molecule has 3 aromatic rings. The van der Waals surface area contributed by atoms with Crippen LogP contribution in [0.15, 0.2) is 54.7 Å². The van der Waals surface area contributed by atoms with Crippen molar-refractivity contribution in [2.24, 2.45) is 0 Å². The van der Waals surface area contributed by atoms with Crippen LogP contribution >= 0.6 is 46.4 Å². The Balaban J connectivity index is 1.91. The Labute approximate surface area is 227 Å². The molecule has 3 rings (SSSR count). The molecule has 1 heterocycles. The van der Waals surface area contributed by atoms with Gasteiger partial charge in [0.1, 0.15) is 5.15 Å². The molecule has 1 aromatic heterocycles. The first kappa shape index (κ1) is 29.1. The van der Waals surface area contributed by atoms with Crippen molar-refractivity contribution in [3.05, 3.63) is 103 Å². The van der Waals surface area contributed by atoms with Crippen LogP contribution in [-0.4, -0.2) is 17.1 Å². The van der Waals surface area contributed by atoms with E-state index < -0.39 is 35.3 Å². The average Bonchev–Trinajstić information content (AvgIpc) is 2.80. The molecule has 196 valence electrons. The lowest BCUT2D eigenvalue weighted by molar-refractivity contribution is -0.139. The molecule has 1 atom stereocenters. The number of hydrogen-bond acceptors (Lipinski definition) is 2. The summed E-state index contributed by atoms with van der Waals surface area (Å²) in [6.45, 7) is -0.124. The second-order valence-corrected chi connectivity index (χ2v) is 9.23. The van der Waals surface area contributed by atoms with Crippen LogP contribution in [0.25, 0.3) is 6.08 Å². The van der Waals surface area contributed by atoms with E-state index >= 15 is 0 Å². The molecule has 13 heteroatoms. The summed E-state index contributed by atoms with van der Waals surface area (Å²) in [4.78, 5) is 16.3. The van der Waals surface area contributed by atoms with E-state index in [-0.39, 0.29) is 37.9 Å². The van der Waals surface area contributed by atoms with Crippen LogP contribution < -0.4 is 5.32 Å². The van der Waals surface area contributed by atoms with E-state index in [2.05, 4.69) is 10.3 Å². The number of allylic oxidation sites excluding steroid dienone is 1. The van der Waals surface area contributed by atoms with Crippen molar-refractivity contribution in [2.45, 2.75) is 24.8 Å². The summed E-state index contributed by atoms with van der Waals surface area (Å²) < 4.78 is 82.4. The first-order valence-corrected chi connectivity index (χ1v) is 11.7. The first-order valence-electron chi connectivity index (χ1n) is 10.2. The smallest absolute Gasteiger partial charge is 0.348 e. The van der Waals surface area contributed by atoms with Crippen LogP contribution in [0.3, 0.4) is 0 Å². The molecule has 0 aliphatic rings. The highest BCUT2D eigenvalue weighted by Crippen LogP contribution is 2.41. The molecule has 37 heavy (non-hydrogen) atoms. The largest absolute Gasteiger partial charge is 0.417 e. The number of nitrogens with zero attached hydrogens (tertiary/aromatic N) is 1. The van der Waals surface area contributed by atoms with E-state index in [1.165, 1.54) is 18.3 Å². The summed E-state index contributed by atoms with van der Waals surface area (Å²) in [7, 11) is 0. The van der Waals surface area contributed by atoms with Crippen molar-refractivity contribution in [1.82, 2.24) is 10.3 Å². The number of carbonyl (C=O) groups excluding carboxylic acids is 1. The van der Waals surface area contributed by atoms with Crippen molar-refractivity contribution in [3.8, 4) is 0 Å². The number of alkyl halides is 6. The third-order valence-corrected chi connectivity index (χ3v) is 6.45. The van der Waals surface area contributed by atoms with E-state index in [1.54, 1.807) is 0 Å². The number of hydrogen-bond donors (Lipinski definition) is 1. The molecule has 0 bridgehead atoms. The molecule has 0 aliphatic heterocycles. The third-order valence-electron chi connectivity index (χ3n) is 5.03. The maximum absolute atomic E-state index is 13.7. The number of halogens is 10. The van der Waals surface area contributed by atoms with Gasteiger partial charge in [0.15, 0.2) is 0 Å². The number of nitrogens with one attached hydrogen (secondary N) is 1. The second kappa shape index (κ2) is 11.5. The summed E-state index contributed by atoms with van der Waals surface area (Å²) in [5, 5.41) is 2.00. The molecule has 0 saturated heterocycles. The number of aromatic nitrogens is 1. The zero-order valence-corrected chi connectivity index (χ0v) is 21.2. The minimum atomic E-state index is -4.96. The zero-order valence-electron chi connectivity index (χ0n) is 18.2. The van der Waals surface area contributed by atoms with Gasteiger partial charge in [-0.2, -0.15) is 26.3 Å². The fraction of sp³-hybridized carbons (Fsp3) is 0.167. The summed E-state index contributed by atoms with van der Waals surface area (Å²) in [5.74, 6) is -3.28. The van der Waals surface area contributed by atoms with Crippen molar-refractivity contribution < 1.29 is 31.1 Å². The molecule has 0 aliphatic carbocycles. The van der Waals surface area contributed by atoms with E-state index in [0.29, 0.717) is 17.7 Å². The number of amides is 1. The predicted octanol–water partition coefficient (Wildman–Crippen LogP) is 9.00. The van der Waals surface area contributed by atoms with Crippen molar-refractivity contribution in [3.63, 3.8) is 0 Å². The minimum absolute atomic E-state index is 0.124. The van der Waals surface area contributed by atoms with E-state index in [4.69, 9.17) is 46.4 Å². The lowest BCUT2D eigenvalue weighted by Crippen LogP contribution is -2.26. The molecular weight excluding hydrogens is 588 g/mol. The molecule has 2 aromatic carbocycles. The van der Waals surface area contributed by atoms with Gasteiger partial charge in [-0.3, -0.25) is 4.79 Å². The van der Waals surface area contributed by atoms with Gasteiger partial charge in [0.2, 0.25) is 0 Å². The monoisotopic (exact) mass is 600 g/mol. The highest BCUT2D eigenvalue weighted by atomic mass is 35.5. The maximum Gasteiger partial charge on any atom is 0.417 e. The summed E-state index contributed by atoms with van der Waals surface area (Å²) in [6, 6.07) is 7.50. The molecule has 0 saturated carbocycles. The highest BCUT2D eigenvalue weighted by molar-refractivity contribution is 6.48. The Morgan fingerprint density at radius 3 is 2.14 bits per heavy atom. The summed E-state index contributed by atoms with van der Waals surface area (Å²) in [5.41, 5.74) is -2.10. The fourth-order valence-electron chi connectivity index (χ4n) is 3.26. The van der Waals surface area contributed by atoms with Gasteiger partial charge in [-0.1, -0.05) is 70.7 Å². The van der Waals surface area contributed by atoms with Crippen LogP contribution in [0.2, 0.25) is 20.2 Å². The number of carbonyl (C=O) groups is 1. The van der Waals surface area contributed by atoms with Gasteiger partial charge in [-0.25, -0.2) is 4.98 Å². The van der Waals surface area contributed by atoms with E-state index in [0.717, 1.165) is 30.3 Å². The van der Waals surface area contributed by atoms with Crippen LogP contribution in [-0.2, 0) is 12.7 Å². The third kappa shape index (κ3) is 7.54. The van der Waals surface area contributed by atoms with Crippen LogP contribution in [0.4, 0.5) is 26.3 Å². The summed E-state index contributed by atoms with van der Waals surface area (Å²) in [6.07, 6.45) is -6.90. The van der Waals surface area contributed by atoms with E-state index in [9.17, 15) is 31.1 Å². The lowest BCUT2D eigenvalue weighted by Gasteiger charge is -2.19. The van der Waals surface area contributed by atoms with Crippen LogP contribution in [0.5, 0.6) is 0 Å². The Morgan fingerprint density at radius 2 is 1.59 bits per heavy atom. The van der Waals surface area contributed by atoms with Gasteiger partial charge in [0.25, 0.3) is 5.91 Å². The van der Waals surface area contributed by atoms with Gasteiger partial charge in [0.05, 0.1) is 32.1 Å². The molecular formula is C24H14Cl4F6N2O. The standard InChI is InChI=1S/C24H14Cl4F6N2O/c25-18-8-14(9-19(26)21(18)28)16(23(29,30)31)5-2-12-1-4-15(17(7-12)24(32,33)34)22(37)36-11-13-3-6-20(27)35-10-13/h1-10,16H,11H2,(H,36,37)/b5-2+. The molecule has 3 nitrogen and oxygen atoms in total. The molecule has 0 fully saturated rings. The van der Waals surface area contributed by atoms with Gasteiger partial charge < -0.3 is 5.32 Å². The zero-order chi connectivity index (χ0) is 27.5. The SMILES string of the molecule is O=C(NCc1ccc(Cl)nc1)c1ccc(/C=C/C(c2cc(Cl)c(Cl)c(Cl)c2)C(F)(F)F)cc1C(F)(F)F. The molecule has 1 unspecified atom stereocenters. The topological polar surface area (TPSA) is 42.0 Å². The van der Waals surface area contributed by atoms with Crippen LogP contribution in [0.1, 0.15) is 38.5 Å². The van der Waals surface area contributed by atoms with Gasteiger partial charge >= 0.3 is 12.4 Å². The Bertz CT molecular complexity index is 1300. The number of benzene rings is 2. The molecule has 1 N–H and O–H groups in total. The quantitative estimate of drug-likeness (QED) is 0.174. The Morgan fingerprint density at radius 1 is 0.946 bits per heavy atom. The minimum Gasteiger partial charge on any atom is -0.348 e. The molecule has 1 amide bonds. The molecule has 0 radical (unpaired) electrons. The van der Waals surface area contributed by atoms with Crippen molar-refractivity contribution in [1.29, 1.82) is 0 Å². The van der Waals surface area contributed by atoms with Gasteiger partial charge in [-0.05, 0) is 47.0 Å². The number of pyridine rings is 1. The summed E-state index contributed by atoms with van der Waals surface area (Å²) >= 11 is 23.1. The predicted molar refractivity (Wildman–Crippen MR) is 131 cm³/mol. The van der Waals surface area contributed by atoms with Gasteiger partial charge in [0, 0.05) is 12.7 Å². The normalized spacial score (nSPS) is 13.1. The first-order chi connectivity index (χ1) is 17.2. The Kier molecular flexibility index (Phi) is 9.06. The highest BCUT2D eigenvalue weighted by Gasteiger charge is 2.40.